The van der Waals surface area contributed by atoms with Gasteiger partial charge in [0.25, 0.3) is 0 Å². The Morgan fingerprint density at radius 2 is 1.85 bits per heavy atom. The molecule has 0 aliphatic carbocycles. The molecule has 5 nitrogen and oxygen atoms in total. The number of rotatable bonds is 2. The number of benzene rings is 1. The van der Waals surface area contributed by atoms with E-state index in [1.165, 1.54) is 0 Å². The number of nitrogens with zero attached hydrogens (tertiary/aromatic N) is 2. The Hall–Kier alpha value is -2.14. The topological polar surface area (TPSA) is 53.8 Å². The van der Waals surface area contributed by atoms with Crippen molar-refractivity contribution in [1.29, 1.82) is 0 Å². The van der Waals surface area contributed by atoms with Crippen LogP contribution in [0.1, 0.15) is 10.4 Å². The van der Waals surface area contributed by atoms with Crippen molar-refractivity contribution < 1.29 is 9.21 Å². The number of likely N-dealkylation sites (N-methyl/N-ethyl adjacent to an activating group) is 1. The monoisotopic (exact) mass is 272 g/mol. The minimum absolute atomic E-state index is 0.119. The van der Waals surface area contributed by atoms with Crippen LogP contribution in [0, 0.1) is 0 Å². The predicted octanol–water partition coefficient (Wildman–Crippen LogP) is 1.36. The normalized spacial score (nSPS) is 16.6. The van der Waals surface area contributed by atoms with Gasteiger partial charge in [-0.15, -0.1) is 0 Å². The van der Waals surface area contributed by atoms with Crippen LogP contribution in [-0.2, 0) is 0 Å². The lowest BCUT2D eigenvalue weighted by molar-refractivity contribution is 0.112. The second kappa shape index (κ2) is 5.09. The van der Waals surface area contributed by atoms with Gasteiger partial charge in [0, 0.05) is 26.2 Å². The van der Waals surface area contributed by atoms with E-state index >= 15 is 0 Å². The number of hydrogen-bond acceptors (Lipinski definition) is 5. The number of para-hydroxylation sites is 1. The van der Waals surface area contributed by atoms with E-state index in [0.29, 0.717) is 23.1 Å². The van der Waals surface area contributed by atoms with Gasteiger partial charge in [-0.25, -0.2) is 0 Å². The third-order valence-corrected chi connectivity index (χ3v) is 3.72. The van der Waals surface area contributed by atoms with Crippen LogP contribution in [0.15, 0.2) is 33.5 Å². The van der Waals surface area contributed by atoms with E-state index in [9.17, 15) is 9.59 Å². The van der Waals surface area contributed by atoms with E-state index in [4.69, 9.17) is 4.42 Å². The van der Waals surface area contributed by atoms with Crippen molar-refractivity contribution in [2.24, 2.45) is 0 Å². The third-order valence-electron chi connectivity index (χ3n) is 3.72. The number of carbonyl (C=O) groups is 1. The van der Waals surface area contributed by atoms with Gasteiger partial charge in [0.15, 0.2) is 6.29 Å². The van der Waals surface area contributed by atoms with Gasteiger partial charge in [-0.2, -0.15) is 0 Å². The second-order valence-electron chi connectivity index (χ2n) is 5.05. The molecule has 1 aromatic heterocycles. The minimum Gasteiger partial charge on any atom is -0.439 e. The van der Waals surface area contributed by atoms with Gasteiger partial charge in [-0.1, -0.05) is 12.1 Å². The molecule has 3 rings (SSSR count). The van der Waals surface area contributed by atoms with Gasteiger partial charge in [0.1, 0.15) is 11.1 Å². The Morgan fingerprint density at radius 3 is 2.55 bits per heavy atom. The molecule has 0 saturated carbocycles. The Labute approximate surface area is 116 Å². The summed E-state index contributed by atoms with van der Waals surface area (Å²) in [5.74, 6) is 0.400. The molecule has 0 atom stereocenters. The first-order chi connectivity index (χ1) is 9.70. The quantitative estimate of drug-likeness (QED) is 0.773. The summed E-state index contributed by atoms with van der Waals surface area (Å²) in [5, 5.41) is 0.451. The highest BCUT2D eigenvalue weighted by Gasteiger charge is 2.22. The molecular formula is C15H16N2O3. The zero-order valence-corrected chi connectivity index (χ0v) is 11.3. The number of hydrogen-bond donors (Lipinski definition) is 0. The van der Waals surface area contributed by atoms with Crippen molar-refractivity contribution in [3.63, 3.8) is 0 Å². The molecule has 1 aliphatic rings. The summed E-state index contributed by atoms with van der Waals surface area (Å²) in [6, 6.07) is 7.02. The van der Waals surface area contributed by atoms with Crippen LogP contribution >= 0.6 is 0 Å². The highest BCUT2D eigenvalue weighted by atomic mass is 16.4. The first-order valence-corrected chi connectivity index (χ1v) is 6.65. The van der Waals surface area contributed by atoms with Gasteiger partial charge in [0.2, 0.25) is 11.3 Å². The molecule has 2 heterocycles. The molecular weight excluding hydrogens is 256 g/mol. The minimum atomic E-state index is -0.254. The van der Waals surface area contributed by atoms with E-state index in [-0.39, 0.29) is 11.0 Å². The van der Waals surface area contributed by atoms with Crippen LogP contribution in [0.2, 0.25) is 0 Å². The zero-order valence-electron chi connectivity index (χ0n) is 11.3. The number of piperazine rings is 1. The van der Waals surface area contributed by atoms with Crippen LogP contribution < -0.4 is 10.3 Å². The molecule has 0 amide bonds. The first-order valence-electron chi connectivity index (χ1n) is 6.65. The molecule has 1 aliphatic heterocycles. The van der Waals surface area contributed by atoms with Gasteiger partial charge < -0.3 is 14.2 Å². The van der Waals surface area contributed by atoms with E-state index < -0.39 is 0 Å². The first kappa shape index (κ1) is 12.9. The van der Waals surface area contributed by atoms with Gasteiger partial charge >= 0.3 is 0 Å². The SMILES string of the molecule is CN1CCN(c2oc3ccccc3c(=O)c2C=O)CC1. The van der Waals surface area contributed by atoms with Crippen molar-refractivity contribution in [3.05, 3.63) is 40.1 Å². The van der Waals surface area contributed by atoms with Gasteiger partial charge in [0.05, 0.1) is 5.39 Å². The van der Waals surface area contributed by atoms with E-state index in [0.717, 1.165) is 26.2 Å². The fourth-order valence-electron chi connectivity index (χ4n) is 2.49. The molecule has 0 unspecified atom stereocenters. The van der Waals surface area contributed by atoms with E-state index in [2.05, 4.69) is 11.9 Å². The molecule has 1 fully saturated rings. The number of fused-ring (bicyclic) bond motifs is 1. The third kappa shape index (κ3) is 2.10. The molecule has 1 aromatic carbocycles. The summed E-state index contributed by atoms with van der Waals surface area (Å²) in [4.78, 5) is 27.8. The lowest BCUT2D eigenvalue weighted by atomic mass is 10.1. The summed E-state index contributed by atoms with van der Waals surface area (Å²) < 4.78 is 5.82. The molecule has 5 heteroatoms. The van der Waals surface area contributed by atoms with Crippen LogP contribution in [0.5, 0.6) is 0 Å². The molecule has 0 spiro atoms. The van der Waals surface area contributed by atoms with Crippen molar-refractivity contribution in [3.8, 4) is 0 Å². The Bertz CT molecular complexity index is 700. The molecule has 20 heavy (non-hydrogen) atoms. The summed E-state index contributed by atoms with van der Waals surface area (Å²) in [5.41, 5.74) is 0.390. The van der Waals surface area contributed by atoms with Gasteiger partial charge in [-0.05, 0) is 19.2 Å². The van der Waals surface area contributed by atoms with Crippen molar-refractivity contribution >= 4 is 23.1 Å². The Kier molecular flexibility index (Phi) is 3.28. The fourth-order valence-corrected chi connectivity index (χ4v) is 2.49. The lowest BCUT2D eigenvalue weighted by Gasteiger charge is -2.33. The average Bonchev–Trinajstić information content (AvgIpc) is 2.48. The summed E-state index contributed by atoms with van der Waals surface area (Å²) in [6.45, 7) is 3.26. The van der Waals surface area contributed by atoms with E-state index in [1.54, 1.807) is 18.2 Å². The standard InChI is InChI=1S/C15H16N2O3/c1-16-6-8-17(9-7-16)15-12(10-18)14(19)11-4-2-3-5-13(11)20-15/h2-5,10H,6-9H2,1H3. The van der Waals surface area contributed by atoms with Crippen LogP contribution in [0.25, 0.3) is 11.0 Å². The van der Waals surface area contributed by atoms with Crippen LogP contribution in [0.3, 0.4) is 0 Å². The smallest absolute Gasteiger partial charge is 0.210 e. The highest BCUT2D eigenvalue weighted by molar-refractivity contribution is 5.89. The largest absolute Gasteiger partial charge is 0.439 e. The molecule has 0 N–H and O–H groups in total. The van der Waals surface area contributed by atoms with Crippen LogP contribution in [-0.4, -0.2) is 44.4 Å². The van der Waals surface area contributed by atoms with Crippen molar-refractivity contribution in [2.45, 2.75) is 0 Å². The molecule has 1 saturated heterocycles. The highest BCUT2D eigenvalue weighted by Crippen LogP contribution is 2.23. The van der Waals surface area contributed by atoms with E-state index in [1.807, 2.05) is 11.0 Å². The Balaban J connectivity index is 2.14. The number of anilines is 1. The number of carbonyl (C=O) groups excluding carboxylic acids is 1. The molecule has 2 aromatic rings. The predicted molar refractivity (Wildman–Crippen MR) is 77.6 cm³/mol. The molecule has 0 radical (unpaired) electrons. The number of aldehydes is 1. The van der Waals surface area contributed by atoms with Crippen LogP contribution in [0.4, 0.5) is 5.88 Å². The lowest BCUT2D eigenvalue weighted by Crippen LogP contribution is -2.45. The summed E-state index contributed by atoms with van der Waals surface area (Å²) in [6.07, 6.45) is 0.603. The maximum Gasteiger partial charge on any atom is 0.210 e. The second-order valence-corrected chi connectivity index (χ2v) is 5.05. The average molecular weight is 272 g/mol. The van der Waals surface area contributed by atoms with Crippen molar-refractivity contribution in [2.75, 3.05) is 38.1 Å². The van der Waals surface area contributed by atoms with Crippen molar-refractivity contribution in [1.82, 2.24) is 4.90 Å². The molecule has 104 valence electrons. The summed E-state index contributed by atoms with van der Waals surface area (Å²) >= 11 is 0. The van der Waals surface area contributed by atoms with Gasteiger partial charge in [-0.3, -0.25) is 9.59 Å². The maximum absolute atomic E-state index is 12.4. The summed E-state index contributed by atoms with van der Waals surface area (Å²) in [7, 11) is 2.05. The maximum atomic E-state index is 12.4. The molecule has 0 bridgehead atoms. The Morgan fingerprint density at radius 1 is 1.15 bits per heavy atom. The fraction of sp³-hybridized carbons (Fsp3) is 0.333. The zero-order chi connectivity index (χ0) is 14.1.